The normalized spacial score (nSPS) is 10.9. The molecule has 1 aromatic heterocycles. The Kier molecular flexibility index (Phi) is 4.01. The molecule has 1 aromatic carbocycles. The van der Waals surface area contributed by atoms with Crippen molar-refractivity contribution in [3.05, 3.63) is 51.5 Å². The average Bonchev–Trinajstić information content (AvgIpc) is 2.88. The first-order valence-corrected chi connectivity index (χ1v) is 6.23. The Labute approximate surface area is 112 Å². The molecule has 0 atom stereocenters. The minimum absolute atomic E-state index is 0.136. The molecule has 0 saturated carbocycles. The van der Waals surface area contributed by atoms with Gasteiger partial charge in [-0.25, -0.2) is 13.8 Å². The first-order valence-electron chi connectivity index (χ1n) is 5.41. The number of halogens is 2. The highest BCUT2D eigenvalue weighted by molar-refractivity contribution is 7.14. The van der Waals surface area contributed by atoms with E-state index in [0.717, 1.165) is 18.2 Å². The van der Waals surface area contributed by atoms with Crippen molar-refractivity contribution in [3.63, 3.8) is 0 Å². The molecule has 0 aliphatic carbocycles. The van der Waals surface area contributed by atoms with Gasteiger partial charge in [0, 0.05) is 12.6 Å². The third-order valence-electron chi connectivity index (χ3n) is 2.34. The fourth-order valence-electron chi connectivity index (χ4n) is 1.40. The zero-order valence-electron chi connectivity index (χ0n) is 9.98. The van der Waals surface area contributed by atoms with Gasteiger partial charge in [-0.15, -0.1) is 11.3 Å². The van der Waals surface area contributed by atoms with E-state index in [4.69, 9.17) is 0 Å². The number of thiazole rings is 1. The number of carbonyl (C=O) groups is 1. The van der Waals surface area contributed by atoms with E-state index in [0.29, 0.717) is 9.88 Å². The summed E-state index contributed by atoms with van der Waals surface area (Å²) in [4.78, 5) is 15.8. The molecule has 3 nitrogen and oxygen atoms in total. The minimum atomic E-state index is -0.513. The van der Waals surface area contributed by atoms with Gasteiger partial charge in [-0.3, -0.25) is 4.79 Å². The van der Waals surface area contributed by atoms with Gasteiger partial charge in [-0.05, 0) is 30.4 Å². The molecule has 0 aliphatic rings. The number of nitrogens with zero attached hydrogens (tertiary/aromatic N) is 1. The van der Waals surface area contributed by atoms with E-state index in [1.807, 2.05) is 0 Å². The lowest BCUT2D eigenvalue weighted by Crippen LogP contribution is -2.16. The van der Waals surface area contributed by atoms with E-state index in [1.54, 1.807) is 0 Å². The Morgan fingerprint density at radius 2 is 2.16 bits per heavy atom. The zero-order valence-corrected chi connectivity index (χ0v) is 10.8. The summed E-state index contributed by atoms with van der Waals surface area (Å²) in [6.45, 7) is 0. The van der Waals surface area contributed by atoms with Crippen molar-refractivity contribution >= 4 is 29.4 Å². The average molecular weight is 280 g/mol. The fraction of sp³-hybridized carbons (Fsp3) is 0.0769. The standard InChI is InChI=1S/C13H10F2N2OS/c1-16-13(18)11-7-17-12(19-11)5-2-8-6-9(14)3-4-10(8)15/h2-7H,1H3,(H,16,18)/b5-2+. The van der Waals surface area contributed by atoms with Crippen LogP contribution in [0.5, 0.6) is 0 Å². The van der Waals surface area contributed by atoms with Crippen LogP contribution in [-0.4, -0.2) is 17.9 Å². The molecule has 2 rings (SSSR count). The molecule has 0 bridgehead atoms. The second-order valence-corrected chi connectivity index (χ2v) is 4.70. The second kappa shape index (κ2) is 5.71. The largest absolute Gasteiger partial charge is 0.354 e. The summed E-state index contributed by atoms with van der Waals surface area (Å²) in [6.07, 6.45) is 4.39. The third-order valence-corrected chi connectivity index (χ3v) is 3.30. The van der Waals surface area contributed by atoms with Gasteiger partial charge in [0.15, 0.2) is 0 Å². The summed E-state index contributed by atoms with van der Waals surface area (Å²) in [6, 6.07) is 3.21. The number of aromatic nitrogens is 1. The van der Waals surface area contributed by atoms with Crippen LogP contribution in [0, 0.1) is 11.6 Å². The van der Waals surface area contributed by atoms with E-state index >= 15 is 0 Å². The van der Waals surface area contributed by atoms with Crippen LogP contribution in [0.4, 0.5) is 8.78 Å². The Balaban J connectivity index is 2.20. The fourth-order valence-corrected chi connectivity index (χ4v) is 2.16. The Hall–Kier alpha value is -2.08. The van der Waals surface area contributed by atoms with E-state index < -0.39 is 11.6 Å². The molecule has 1 amide bonds. The third kappa shape index (κ3) is 3.23. The molecule has 0 aliphatic heterocycles. The van der Waals surface area contributed by atoms with Gasteiger partial charge < -0.3 is 5.32 Å². The van der Waals surface area contributed by atoms with Crippen LogP contribution in [0.3, 0.4) is 0 Å². The summed E-state index contributed by atoms with van der Waals surface area (Å²) in [5, 5.41) is 3.03. The monoisotopic (exact) mass is 280 g/mol. The van der Waals surface area contributed by atoms with Crippen molar-refractivity contribution in [2.75, 3.05) is 7.05 Å². The van der Waals surface area contributed by atoms with Gasteiger partial charge in [0.2, 0.25) is 0 Å². The number of nitrogens with one attached hydrogen (secondary N) is 1. The second-order valence-electron chi connectivity index (χ2n) is 3.64. The quantitative estimate of drug-likeness (QED) is 0.939. The molecule has 0 unspecified atom stereocenters. The van der Waals surface area contributed by atoms with Gasteiger partial charge >= 0.3 is 0 Å². The number of carbonyl (C=O) groups excluding carboxylic acids is 1. The predicted octanol–water partition coefficient (Wildman–Crippen LogP) is 2.95. The lowest BCUT2D eigenvalue weighted by molar-refractivity contribution is 0.0967. The summed E-state index contributed by atoms with van der Waals surface area (Å²) < 4.78 is 26.3. The van der Waals surface area contributed by atoms with Gasteiger partial charge in [-0.1, -0.05) is 0 Å². The van der Waals surface area contributed by atoms with Crippen LogP contribution in [0.2, 0.25) is 0 Å². The summed E-state index contributed by atoms with van der Waals surface area (Å²) in [5.41, 5.74) is 0.136. The molecule has 0 radical (unpaired) electrons. The predicted molar refractivity (Wildman–Crippen MR) is 70.8 cm³/mol. The lowest BCUT2D eigenvalue weighted by Gasteiger charge is -1.95. The highest BCUT2D eigenvalue weighted by Gasteiger charge is 2.07. The maximum atomic E-state index is 13.4. The number of benzene rings is 1. The maximum Gasteiger partial charge on any atom is 0.262 e. The molecule has 1 N–H and O–H groups in total. The Morgan fingerprint density at radius 1 is 1.37 bits per heavy atom. The van der Waals surface area contributed by atoms with E-state index in [1.165, 1.54) is 36.7 Å². The number of rotatable bonds is 3. The highest BCUT2D eigenvalue weighted by Crippen LogP contribution is 2.17. The van der Waals surface area contributed by atoms with Gasteiger partial charge in [0.25, 0.3) is 5.91 Å². The SMILES string of the molecule is CNC(=O)c1cnc(/C=C/c2cc(F)ccc2F)s1. The number of hydrogen-bond donors (Lipinski definition) is 1. The molecular formula is C13H10F2N2OS. The van der Waals surface area contributed by atoms with Crippen LogP contribution in [0.1, 0.15) is 20.2 Å². The van der Waals surface area contributed by atoms with Crippen molar-refractivity contribution in [1.82, 2.24) is 10.3 Å². The van der Waals surface area contributed by atoms with Crippen LogP contribution in [0.15, 0.2) is 24.4 Å². The molecular weight excluding hydrogens is 270 g/mol. The van der Waals surface area contributed by atoms with E-state index in [-0.39, 0.29) is 11.5 Å². The van der Waals surface area contributed by atoms with E-state index in [2.05, 4.69) is 10.3 Å². The Morgan fingerprint density at radius 3 is 2.89 bits per heavy atom. The minimum Gasteiger partial charge on any atom is -0.354 e. The maximum absolute atomic E-state index is 13.4. The molecule has 2 aromatic rings. The molecule has 1 heterocycles. The summed E-state index contributed by atoms with van der Waals surface area (Å²) >= 11 is 1.17. The first kappa shape index (κ1) is 13.4. The molecule has 0 saturated heterocycles. The van der Waals surface area contributed by atoms with Crippen molar-refractivity contribution in [3.8, 4) is 0 Å². The first-order chi connectivity index (χ1) is 9.10. The van der Waals surface area contributed by atoms with Crippen molar-refractivity contribution < 1.29 is 13.6 Å². The molecule has 0 spiro atoms. The zero-order chi connectivity index (χ0) is 13.8. The van der Waals surface area contributed by atoms with Crippen LogP contribution < -0.4 is 5.32 Å². The number of hydrogen-bond acceptors (Lipinski definition) is 3. The van der Waals surface area contributed by atoms with Crippen LogP contribution >= 0.6 is 11.3 Å². The van der Waals surface area contributed by atoms with Crippen LogP contribution in [0.25, 0.3) is 12.2 Å². The van der Waals surface area contributed by atoms with E-state index in [9.17, 15) is 13.6 Å². The topological polar surface area (TPSA) is 42.0 Å². The van der Waals surface area contributed by atoms with Gasteiger partial charge in [0.1, 0.15) is 21.5 Å². The number of amides is 1. The van der Waals surface area contributed by atoms with Crippen LogP contribution in [-0.2, 0) is 0 Å². The van der Waals surface area contributed by atoms with Crippen molar-refractivity contribution in [2.24, 2.45) is 0 Å². The van der Waals surface area contributed by atoms with Crippen molar-refractivity contribution in [1.29, 1.82) is 0 Å². The van der Waals surface area contributed by atoms with Crippen molar-refractivity contribution in [2.45, 2.75) is 0 Å². The smallest absolute Gasteiger partial charge is 0.262 e. The molecule has 98 valence electrons. The lowest BCUT2D eigenvalue weighted by atomic mass is 10.2. The van der Waals surface area contributed by atoms with Gasteiger partial charge in [-0.2, -0.15) is 0 Å². The summed E-state index contributed by atoms with van der Waals surface area (Å²) in [5.74, 6) is -1.25. The molecule has 19 heavy (non-hydrogen) atoms. The highest BCUT2D eigenvalue weighted by atomic mass is 32.1. The molecule has 6 heteroatoms. The molecule has 0 fully saturated rings. The Bertz CT molecular complexity index is 637. The summed E-state index contributed by atoms with van der Waals surface area (Å²) in [7, 11) is 1.53. The van der Waals surface area contributed by atoms with Gasteiger partial charge in [0.05, 0.1) is 6.20 Å².